The Morgan fingerprint density at radius 1 is 0.824 bits per heavy atom. The summed E-state index contributed by atoms with van der Waals surface area (Å²) in [6.07, 6.45) is 14.8. The predicted octanol–water partition coefficient (Wildman–Crippen LogP) is 4.47. The minimum absolute atomic E-state index is 1.03. The van der Waals surface area contributed by atoms with Gasteiger partial charge in [0.25, 0.3) is 0 Å². The maximum absolute atomic E-state index is 2.78. The van der Waals surface area contributed by atoms with Crippen LogP contribution in [0.25, 0.3) is 0 Å². The second-order valence-corrected chi connectivity index (χ2v) is 6.39. The van der Waals surface area contributed by atoms with E-state index >= 15 is 0 Å². The van der Waals surface area contributed by atoms with Crippen LogP contribution in [0.15, 0.2) is 0 Å². The minimum Gasteiger partial charge on any atom is -0.303 e. The Bertz CT molecular complexity index is 196. The van der Waals surface area contributed by atoms with Crippen LogP contribution >= 0.6 is 0 Å². The first-order chi connectivity index (χ1) is 8.38. The standard InChI is InChI=1S/C16H31N/c1-2-7-15-10-6-12-17(13-11-15)14-16-8-4-3-5-9-16/h15-16H,2-14H2,1H3. The number of hydrogen-bond acceptors (Lipinski definition) is 1. The molecule has 0 aromatic heterocycles. The molecular weight excluding hydrogens is 206 g/mol. The molecule has 2 aliphatic rings. The van der Waals surface area contributed by atoms with Gasteiger partial charge in [-0.2, -0.15) is 0 Å². The lowest BCUT2D eigenvalue weighted by Crippen LogP contribution is -2.31. The predicted molar refractivity (Wildman–Crippen MR) is 75.3 cm³/mol. The second kappa shape index (κ2) is 7.41. The average Bonchev–Trinajstić information content (AvgIpc) is 2.57. The Balaban J connectivity index is 1.70. The van der Waals surface area contributed by atoms with Gasteiger partial charge in [0.2, 0.25) is 0 Å². The van der Waals surface area contributed by atoms with Gasteiger partial charge in [0.1, 0.15) is 0 Å². The van der Waals surface area contributed by atoms with E-state index in [1.54, 1.807) is 0 Å². The zero-order valence-electron chi connectivity index (χ0n) is 11.8. The van der Waals surface area contributed by atoms with E-state index < -0.39 is 0 Å². The van der Waals surface area contributed by atoms with Crippen molar-refractivity contribution in [2.45, 2.75) is 71.1 Å². The summed E-state index contributed by atoms with van der Waals surface area (Å²) in [6.45, 7) is 6.53. The maximum Gasteiger partial charge on any atom is 0.000966 e. The molecule has 1 heteroatoms. The van der Waals surface area contributed by atoms with Gasteiger partial charge in [-0.3, -0.25) is 0 Å². The first kappa shape index (κ1) is 13.4. The molecule has 0 aromatic rings. The highest BCUT2D eigenvalue weighted by Gasteiger charge is 2.20. The monoisotopic (exact) mass is 237 g/mol. The molecule has 0 amide bonds. The molecule has 0 N–H and O–H groups in total. The summed E-state index contributed by atoms with van der Waals surface area (Å²) in [5, 5.41) is 0. The first-order valence-corrected chi connectivity index (χ1v) is 8.11. The Morgan fingerprint density at radius 2 is 1.59 bits per heavy atom. The summed E-state index contributed by atoms with van der Waals surface area (Å²) >= 11 is 0. The third kappa shape index (κ3) is 4.62. The van der Waals surface area contributed by atoms with Crippen molar-refractivity contribution in [3.8, 4) is 0 Å². The average molecular weight is 237 g/mol. The van der Waals surface area contributed by atoms with E-state index in [0.29, 0.717) is 0 Å². The van der Waals surface area contributed by atoms with Crippen LogP contribution in [0.3, 0.4) is 0 Å². The van der Waals surface area contributed by atoms with Gasteiger partial charge >= 0.3 is 0 Å². The lowest BCUT2D eigenvalue weighted by Gasteiger charge is -2.28. The normalized spacial score (nSPS) is 29.1. The third-order valence-electron chi connectivity index (χ3n) is 4.88. The van der Waals surface area contributed by atoms with Gasteiger partial charge < -0.3 is 4.90 Å². The summed E-state index contributed by atoms with van der Waals surface area (Å²) in [5.74, 6) is 2.07. The van der Waals surface area contributed by atoms with Gasteiger partial charge in [0, 0.05) is 6.54 Å². The molecule has 1 nitrogen and oxygen atoms in total. The summed E-state index contributed by atoms with van der Waals surface area (Å²) < 4.78 is 0. The van der Waals surface area contributed by atoms with Crippen LogP contribution in [0.5, 0.6) is 0 Å². The summed E-state index contributed by atoms with van der Waals surface area (Å²) in [4.78, 5) is 2.78. The van der Waals surface area contributed by atoms with E-state index in [9.17, 15) is 0 Å². The molecular formula is C16H31N. The van der Waals surface area contributed by atoms with Crippen molar-refractivity contribution in [3.05, 3.63) is 0 Å². The number of likely N-dealkylation sites (tertiary alicyclic amines) is 1. The Hall–Kier alpha value is -0.0400. The molecule has 1 aliphatic carbocycles. The molecule has 1 heterocycles. The lowest BCUT2D eigenvalue weighted by atomic mass is 9.89. The molecule has 1 aliphatic heterocycles. The highest BCUT2D eigenvalue weighted by atomic mass is 15.1. The molecule has 17 heavy (non-hydrogen) atoms. The molecule has 1 atom stereocenters. The number of hydrogen-bond donors (Lipinski definition) is 0. The number of nitrogens with zero attached hydrogens (tertiary/aromatic N) is 1. The maximum atomic E-state index is 2.78. The molecule has 2 fully saturated rings. The van der Waals surface area contributed by atoms with Gasteiger partial charge in [-0.1, -0.05) is 39.0 Å². The van der Waals surface area contributed by atoms with E-state index in [0.717, 1.165) is 11.8 Å². The fraction of sp³-hybridized carbons (Fsp3) is 1.00. The van der Waals surface area contributed by atoms with Crippen LogP contribution in [0, 0.1) is 11.8 Å². The summed E-state index contributed by atoms with van der Waals surface area (Å²) in [7, 11) is 0. The largest absolute Gasteiger partial charge is 0.303 e. The Morgan fingerprint density at radius 3 is 2.35 bits per heavy atom. The van der Waals surface area contributed by atoms with Crippen LogP contribution in [0.1, 0.15) is 71.1 Å². The molecule has 0 aromatic carbocycles. The van der Waals surface area contributed by atoms with Crippen molar-refractivity contribution in [3.63, 3.8) is 0 Å². The summed E-state index contributed by atoms with van der Waals surface area (Å²) in [5.41, 5.74) is 0. The van der Waals surface area contributed by atoms with E-state index in [1.807, 2.05) is 0 Å². The minimum atomic E-state index is 1.03. The molecule has 1 saturated heterocycles. The van der Waals surface area contributed by atoms with Crippen molar-refractivity contribution < 1.29 is 0 Å². The highest BCUT2D eigenvalue weighted by molar-refractivity contribution is 4.74. The lowest BCUT2D eigenvalue weighted by molar-refractivity contribution is 0.204. The van der Waals surface area contributed by atoms with Crippen molar-refractivity contribution in [2.75, 3.05) is 19.6 Å². The second-order valence-electron chi connectivity index (χ2n) is 6.39. The quantitative estimate of drug-likeness (QED) is 0.697. The van der Waals surface area contributed by atoms with Crippen molar-refractivity contribution in [1.82, 2.24) is 4.90 Å². The van der Waals surface area contributed by atoms with Gasteiger partial charge in [0.15, 0.2) is 0 Å². The Kier molecular flexibility index (Phi) is 5.84. The van der Waals surface area contributed by atoms with Gasteiger partial charge in [-0.05, 0) is 57.0 Å². The zero-order chi connectivity index (χ0) is 11.9. The van der Waals surface area contributed by atoms with Crippen molar-refractivity contribution in [1.29, 1.82) is 0 Å². The first-order valence-electron chi connectivity index (χ1n) is 8.11. The van der Waals surface area contributed by atoms with Crippen LogP contribution in [-0.2, 0) is 0 Å². The molecule has 0 bridgehead atoms. The zero-order valence-corrected chi connectivity index (χ0v) is 11.8. The van der Waals surface area contributed by atoms with Crippen LogP contribution in [-0.4, -0.2) is 24.5 Å². The topological polar surface area (TPSA) is 3.24 Å². The summed E-state index contributed by atoms with van der Waals surface area (Å²) in [6, 6.07) is 0. The van der Waals surface area contributed by atoms with E-state index in [-0.39, 0.29) is 0 Å². The van der Waals surface area contributed by atoms with E-state index in [4.69, 9.17) is 0 Å². The number of rotatable bonds is 4. The van der Waals surface area contributed by atoms with Crippen molar-refractivity contribution >= 4 is 0 Å². The third-order valence-corrected chi connectivity index (χ3v) is 4.88. The molecule has 0 spiro atoms. The van der Waals surface area contributed by atoms with Crippen molar-refractivity contribution in [2.24, 2.45) is 11.8 Å². The molecule has 1 saturated carbocycles. The van der Waals surface area contributed by atoms with Gasteiger partial charge in [-0.25, -0.2) is 0 Å². The van der Waals surface area contributed by atoms with Crippen LogP contribution < -0.4 is 0 Å². The highest BCUT2D eigenvalue weighted by Crippen LogP contribution is 2.27. The fourth-order valence-electron chi connectivity index (χ4n) is 3.84. The molecule has 0 radical (unpaired) electrons. The van der Waals surface area contributed by atoms with Crippen LogP contribution in [0.4, 0.5) is 0 Å². The SMILES string of the molecule is CCCC1CCCN(CC2CCCCC2)CC1. The van der Waals surface area contributed by atoms with Gasteiger partial charge in [0.05, 0.1) is 0 Å². The van der Waals surface area contributed by atoms with E-state index in [1.165, 1.54) is 83.8 Å². The molecule has 1 unspecified atom stereocenters. The van der Waals surface area contributed by atoms with Crippen LogP contribution in [0.2, 0.25) is 0 Å². The molecule has 100 valence electrons. The van der Waals surface area contributed by atoms with Gasteiger partial charge in [-0.15, -0.1) is 0 Å². The molecule has 2 rings (SSSR count). The smallest absolute Gasteiger partial charge is 0.000966 e. The van der Waals surface area contributed by atoms with E-state index in [2.05, 4.69) is 11.8 Å². The fourth-order valence-corrected chi connectivity index (χ4v) is 3.84. The Labute approximate surface area is 108 Å².